The zero-order valence-electron chi connectivity index (χ0n) is 10.4. The SMILES string of the molecule is C=CCCCCCc1cccc2ccccc12. The average molecular weight is 224 g/mol. The maximum Gasteiger partial charge on any atom is -0.0152 e. The Balaban J connectivity index is 2.01. The van der Waals surface area contributed by atoms with Crippen LogP contribution in [0.15, 0.2) is 55.1 Å². The van der Waals surface area contributed by atoms with Gasteiger partial charge in [-0.25, -0.2) is 0 Å². The highest BCUT2D eigenvalue weighted by molar-refractivity contribution is 5.85. The third kappa shape index (κ3) is 3.20. The molecule has 0 unspecified atom stereocenters. The zero-order chi connectivity index (χ0) is 11.9. The van der Waals surface area contributed by atoms with Crippen molar-refractivity contribution in [1.82, 2.24) is 0 Å². The van der Waals surface area contributed by atoms with Gasteiger partial charge in [0.05, 0.1) is 0 Å². The molecule has 0 aliphatic heterocycles. The van der Waals surface area contributed by atoms with E-state index in [1.807, 2.05) is 6.08 Å². The summed E-state index contributed by atoms with van der Waals surface area (Å²) in [5.41, 5.74) is 1.49. The molecule has 0 spiro atoms. The average Bonchev–Trinajstić information content (AvgIpc) is 2.39. The summed E-state index contributed by atoms with van der Waals surface area (Å²) in [5, 5.41) is 2.77. The minimum atomic E-state index is 1.15. The minimum Gasteiger partial charge on any atom is -0.103 e. The minimum absolute atomic E-state index is 1.15. The summed E-state index contributed by atoms with van der Waals surface area (Å²) in [6.45, 7) is 3.76. The molecule has 0 heteroatoms. The smallest absolute Gasteiger partial charge is 0.0152 e. The third-order valence-electron chi connectivity index (χ3n) is 3.23. The molecule has 0 aromatic heterocycles. The molecular weight excluding hydrogens is 204 g/mol. The highest BCUT2D eigenvalue weighted by atomic mass is 14.0. The summed E-state index contributed by atoms with van der Waals surface area (Å²) < 4.78 is 0. The number of aryl methyl sites for hydroxylation is 1. The van der Waals surface area contributed by atoms with Crippen molar-refractivity contribution < 1.29 is 0 Å². The standard InChI is InChI=1S/C17H20/c1-2-3-4-5-6-10-15-12-9-13-16-11-7-8-14-17(15)16/h2,7-9,11-14H,1,3-6,10H2. The first-order chi connectivity index (χ1) is 8.42. The number of fused-ring (bicyclic) bond motifs is 1. The normalized spacial score (nSPS) is 10.6. The molecule has 0 bridgehead atoms. The number of hydrogen-bond acceptors (Lipinski definition) is 0. The summed E-state index contributed by atoms with van der Waals surface area (Å²) >= 11 is 0. The van der Waals surface area contributed by atoms with E-state index in [1.165, 1.54) is 42.0 Å². The Morgan fingerprint density at radius 1 is 0.882 bits per heavy atom. The van der Waals surface area contributed by atoms with Gasteiger partial charge in [0, 0.05) is 0 Å². The van der Waals surface area contributed by atoms with Crippen molar-refractivity contribution in [2.24, 2.45) is 0 Å². The number of rotatable bonds is 6. The second-order valence-electron chi connectivity index (χ2n) is 4.53. The maximum atomic E-state index is 3.76. The van der Waals surface area contributed by atoms with Crippen LogP contribution in [0.3, 0.4) is 0 Å². The molecule has 17 heavy (non-hydrogen) atoms. The van der Waals surface area contributed by atoms with E-state index in [1.54, 1.807) is 0 Å². The Hall–Kier alpha value is -1.56. The molecular formula is C17H20. The molecule has 0 atom stereocenters. The third-order valence-corrected chi connectivity index (χ3v) is 3.23. The fraction of sp³-hybridized carbons (Fsp3) is 0.294. The van der Waals surface area contributed by atoms with E-state index in [0.717, 1.165) is 6.42 Å². The predicted molar refractivity (Wildman–Crippen MR) is 76.3 cm³/mol. The second kappa shape index (κ2) is 6.24. The van der Waals surface area contributed by atoms with Gasteiger partial charge >= 0.3 is 0 Å². The Morgan fingerprint density at radius 2 is 1.71 bits per heavy atom. The first-order valence-electron chi connectivity index (χ1n) is 6.49. The second-order valence-corrected chi connectivity index (χ2v) is 4.53. The van der Waals surface area contributed by atoms with Crippen LogP contribution in [0.5, 0.6) is 0 Å². The molecule has 2 rings (SSSR count). The highest BCUT2D eigenvalue weighted by Gasteiger charge is 1.99. The van der Waals surface area contributed by atoms with Gasteiger partial charge in [0.15, 0.2) is 0 Å². The summed E-state index contributed by atoms with van der Waals surface area (Å²) in [7, 11) is 0. The topological polar surface area (TPSA) is 0 Å². The lowest BCUT2D eigenvalue weighted by molar-refractivity contribution is 0.689. The number of allylic oxidation sites excluding steroid dienone is 1. The van der Waals surface area contributed by atoms with Crippen molar-refractivity contribution in [2.75, 3.05) is 0 Å². The summed E-state index contributed by atoms with van der Waals surface area (Å²) in [5.74, 6) is 0. The van der Waals surface area contributed by atoms with E-state index in [0.29, 0.717) is 0 Å². The van der Waals surface area contributed by atoms with Gasteiger partial charge in [0.2, 0.25) is 0 Å². The van der Waals surface area contributed by atoms with E-state index < -0.39 is 0 Å². The van der Waals surface area contributed by atoms with E-state index in [-0.39, 0.29) is 0 Å². The number of benzene rings is 2. The number of unbranched alkanes of at least 4 members (excludes halogenated alkanes) is 3. The first kappa shape index (κ1) is 11.9. The summed E-state index contributed by atoms with van der Waals surface area (Å²) in [6, 6.07) is 15.3. The molecule has 2 aromatic rings. The molecule has 2 aromatic carbocycles. The summed E-state index contributed by atoms with van der Waals surface area (Å²) in [6.07, 6.45) is 8.21. The lowest BCUT2D eigenvalue weighted by atomic mass is 9.99. The van der Waals surface area contributed by atoms with Crippen LogP contribution in [0.1, 0.15) is 31.2 Å². The Labute approximate surface area is 104 Å². The highest BCUT2D eigenvalue weighted by Crippen LogP contribution is 2.20. The van der Waals surface area contributed by atoms with Gasteiger partial charge in [0.25, 0.3) is 0 Å². The zero-order valence-corrected chi connectivity index (χ0v) is 10.4. The van der Waals surface area contributed by atoms with Crippen LogP contribution in [0, 0.1) is 0 Å². The molecule has 0 amide bonds. The van der Waals surface area contributed by atoms with Crippen molar-refractivity contribution in [3.8, 4) is 0 Å². The molecule has 0 radical (unpaired) electrons. The van der Waals surface area contributed by atoms with E-state index >= 15 is 0 Å². The van der Waals surface area contributed by atoms with Crippen molar-refractivity contribution in [2.45, 2.75) is 32.1 Å². The van der Waals surface area contributed by atoms with Crippen molar-refractivity contribution in [3.05, 3.63) is 60.7 Å². The molecule has 0 saturated heterocycles. The van der Waals surface area contributed by atoms with E-state index in [2.05, 4.69) is 49.0 Å². The van der Waals surface area contributed by atoms with Crippen molar-refractivity contribution in [3.63, 3.8) is 0 Å². The van der Waals surface area contributed by atoms with Gasteiger partial charge in [-0.2, -0.15) is 0 Å². The monoisotopic (exact) mass is 224 g/mol. The Bertz CT molecular complexity index is 477. The van der Waals surface area contributed by atoms with Crippen LogP contribution in [0.2, 0.25) is 0 Å². The van der Waals surface area contributed by atoms with Crippen LogP contribution in [-0.4, -0.2) is 0 Å². The van der Waals surface area contributed by atoms with Gasteiger partial charge in [-0.3, -0.25) is 0 Å². The molecule has 0 fully saturated rings. The van der Waals surface area contributed by atoms with Crippen LogP contribution >= 0.6 is 0 Å². The van der Waals surface area contributed by atoms with E-state index in [9.17, 15) is 0 Å². The Morgan fingerprint density at radius 3 is 2.59 bits per heavy atom. The molecule has 88 valence electrons. The fourth-order valence-electron chi connectivity index (χ4n) is 2.29. The van der Waals surface area contributed by atoms with E-state index in [4.69, 9.17) is 0 Å². The molecule has 0 aliphatic carbocycles. The lowest BCUT2D eigenvalue weighted by Gasteiger charge is -2.06. The van der Waals surface area contributed by atoms with Crippen LogP contribution in [-0.2, 0) is 6.42 Å². The van der Waals surface area contributed by atoms with Crippen molar-refractivity contribution >= 4 is 10.8 Å². The molecule has 0 nitrogen and oxygen atoms in total. The van der Waals surface area contributed by atoms with Crippen molar-refractivity contribution in [1.29, 1.82) is 0 Å². The van der Waals surface area contributed by atoms with Gasteiger partial charge < -0.3 is 0 Å². The lowest BCUT2D eigenvalue weighted by Crippen LogP contribution is -1.87. The summed E-state index contributed by atoms with van der Waals surface area (Å²) in [4.78, 5) is 0. The largest absolute Gasteiger partial charge is 0.103 e. The number of hydrogen-bond donors (Lipinski definition) is 0. The Kier molecular flexibility index (Phi) is 4.37. The van der Waals surface area contributed by atoms with Gasteiger partial charge in [-0.1, -0.05) is 55.0 Å². The van der Waals surface area contributed by atoms with Crippen LogP contribution < -0.4 is 0 Å². The van der Waals surface area contributed by atoms with Gasteiger partial charge in [-0.15, -0.1) is 6.58 Å². The van der Waals surface area contributed by atoms with Crippen LogP contribution in [0.4, 0.5) is 0 Å². The van der Waals surface area contributed by atoms with Crippen LogP contribution in [0.25, 0.3) is 10.8 Å². The maximum absolute atomic E-state index is 3.76. The fourth-order valence-corrected chi connectivity index (χ4v) is 2.29. The van der Waals surface area contributed by atoms with Gasteiger partial charge in [-0.05, 0) is 42.0 Å². The molecule has 0 heterocycles. The molecule has 0 saturated carbocycles. The molecule has 0 N–H and O–H groups in total. The quantitative estimate of drug-likeness (QED) is 0.471. The molecule has 0 aliphatic rings. The predicted octanol–water partition coefficient (Wildman–Crippen LogP) is 5.13. The first-order valence-corrected chi connectivity index (χ1v) is 6.49. The van der Waals surface area contributed by atoms with Gasteiger partial charge in [0.1, 0.15) is 0 Å².